The number of aromatic nitrogens is 1. The first kappa shape index (κ1) is 17.7. The van der Waals surface area contributed by atoms with Crippen LogP contribution < -0.4 is 5.32 Å². The van der Waals surface area contributed by atoms with Gasteiger partial charge in [-0.2, -0.15) is 0 Å². The minimum Gasteiger partial charge on any atom is -0.306 e. The van der Waals surface area contributed by atoms with Crippen LogP contribution in [0.5, 0.6) is 0 Å². The summed E-state index contributed by atoms with van der Waals surface area (Å²) in [6, 6.07) is 13.0. The van der Waals surface area contributed by atoms with Gasteiger partial charge in [0.05, 0.1) is 0 Å². The van der Waals surface area contributed by atoms with Crippen LogP contribution >= 0.6 is 0 Å². The lowest BCUT2D eigenvalue weighted by molar-refractivity contribution is 0.101. The van der Waals surface area contributed by atoms with E-state index in [4.69, 9.17) is 0 Å². The van der Waals surface area contributed by atoms with Crippen LogP contribution in [-0.2, 0) is 6.42 Å². The Labute approximate surface area is 150 Å². The minimum absolute atomic E-state index is 0.228. The summed E-state index contributed by atoms with van der Waals surface area (Å²) in [5.41, 5.74) is 3.69. The Bertz CT molecular complexity index is 932. The summed E-state index contributed by atoms with van der Waals surface area (Å²) in [4.78, 5) is 16.3. The van der Waals surface area contributed by atoms with Crippen LogP contribution in [0, 0.1) is 18.6 Å². The zero-order chi connectivity index (χ0) is 18.7. The van der Waals surface area contributed by atoms with Gasteiger partial charge in [-0.15, -0.1) is 0 Å². The van der Waals surface area contributed by atoms with Crippen molar-refractivity contribution in [2.75, 3.05) is 5.32 Å². The molecule has 3 rings (SSSR count). The second-order valence-corrected chi connectivity index (χ2v) is 5.99. The van der Waals surface area contributed by atoms with Crippen LogP contribution in [0.3, 0.4) is 0 Å². The molecule has 0 saturated carbocycles. The highest BCUT2D eigenvalue weighted by atomic mass is 19.1. The fourth-order valence-corrected chi connectivity index (χ4v) is 2.72. The molecule has 0 radical (unpaired) electrons. The molecule has 0 aliphatic carbocycles. The highest BCUT2D eigenvalue weighted by Crippen LogP contribution is 2.25. The van der Waals surface area contributed by atoms with Gasteiger partial charge in [0.15, 0.2) is 0 Å². The molecule has 1 aromatic heterocycles. The summed E-state index contributed by atoms with van der Waals surface area (Å²) in [5, 5.41) is 2.43. The quantitative estimate of drug-likeness (QED) is 0.705. The van der Waals surface area contributed by atoms with Crippen molar-refractivity contribution in [2.45, 2.75) is 20.3 Å². The maximum Gasteiger partial charge on any atom is 0.262 e. The Morgan fingerprint density at radius 3 is 2.42 bits per heavy atom. The van der Waals surface area contributed by atoms with Crippen molar-refractivity contribution in [2.24, 2.45) is 0 Å². The number of rotatable bonds is 4. The Morgan fingerprint density at radius 1 is 1.08 bits per heavy atom. The number of carbonyl (C=O) groups is 1. The van der Waals surface area contributed by atoms with Crippen molar-refractivity contribution in [3.63, 3.8) is 0 Å². The standard InChI is InChI=1S/C21H18F2N2O/c1-3-14-8-7-13(2)16(11-14)15-9-10-19(24-12-15)25-21(26)20-17(22)5-4-6-18(20)23/h4-12H,3H2,1-2H3,(H,24,25,26). The number of aryl methyl sites for hydroxylation is 2. The van der Waals surface area contributed by atoms with Crippen LogP contribution in [0.1, 0.15) is 28.4 Å². The fraction of sp³-hybridized carbons (Fsp3) is 0.143. The van der Waals surface area contributed by atoms with Crippen molar-refractivity contribution < 1.29 is 13.6 Å². The van der Waals surface area contributed by atoms with E-state index in [9.17, 15) is 13.6 Å². The number of benzene rings is 2. The van der Waals surface area contributed by atoms with Crippen molar-refractivity contribution in [1.29, 1.82) is 0 Å². The van der Waals surface area contributed by atoms with Crippen LogP contribution in [0.4, 0.5) is 14.6 Å². The van der Waals surface area contributed by atoms with E-state index in [2.05, 4.69) is 35.4 Å². The summed E-state index contributed by atoms with van der Waals surface area (Å²) < 4.78 is 27.4. The van der Waals surface area contributed by atoms with E-state index in [0.29, 0.717) is 0 Å². The average molecular weight is 352 g/mol. The maximum absolute atomic E-state index is 13.7. The maximum atomic E-state index is 13.7. The van der Waals surface area contributed by atoms with Crippen molar-refractivity contribution in [3.05, 3.63) is 83.1 Å². The van der Waals surface area contributed by atoms with Gasteiger partial charge in [0.1, 0.15) is 23.0 Å². The third kappa shape index (κ3) is 3.61. The molecule has 1 amide bonds. The van der Waals surface area contributed by atoms with E-state index in [1.165, 1.54) is 11.6 Å². The van der Waals surface area contributed by atoms with Crippen molar-refractivity contribution >= 4 is 11.7 Å². The Kier molecular flexibility index (Phi) is 5.07. The smallest absolute Gasteiger partial charge is 0.262 e. The number of halogens is 2. The summed E-state index contributed by atoms with van der Waals surface area (Å²) >= 11 is 0. The van der Waals surface area contributed by atoms with Gasteiger partial charge in [0, 0.05) is 11.8 Å². The first-order valence-corrected chi connectivity index (χ1v) is 8.31. The van der Waals surface area contributed by atoms with Gasteiger partial charge in [0.2, 0.25) is 0 Å². The van der Waals surface area contributed by atoms with Crippen LogP contribution in [0.2, 0.25) is 0 Å². The lowest BCUT2D eigenvalue weighted by Gasteiger charge is -2.10. The summed E-state index contributed by atoms with van der Waals surface area (Å²) in [5.74, 6) is -2.46. The number of nitrogens with zero attached hydrogens (tertiary/aromatic N) is 1. The molecule has 1 N–H and O–H groups in total. The third-order valence-corrected chi connectivity index (χ3v) is 4.22. The van der Waals surface area contributed by atoms with Gasteiger partial charge in [-0.25, -0.2) is 13.8 Å². The highest BCUT2D eigenvalue weighted by Gasteiger charge is 2.17. The highest BCUT2D eigenvalue weighted by molar-refractivity contribution is 6.04. The van der Waals surface area contributed by atoms with E-state index < -0.39 is 23.1 Å². The Morgan fingerprint density at radius 2 is 1.81 bits per heavy atom. The summed E-state index contributed by atoms with van der Waals surface area (Å²) in [6.45, 7) is 4.11. The van der Waals surface area contributed by atoms with E-state index >= 15 is 0 Å². The molecule has 3 nitrogen and oxygen atoms in total. The average Bonchev–Trinajstić information content (AvgIpc) is 2.63. The molecule has 132 valence electrons. The first-order chi connectivity index (χ1) is 12.5. The SMILES string of the molecule is CCc1ccc(C)c(-c2ccc(NC(=O)c3c(F)cccc3F)nc2)c1. The van der Waals surface area contributed by atoms with Crippen LogP contribution in [-0.4, -0.2) is 10.9 Å². The van der Waals surface area contributed by atoms with Gasteiger partial charge >= 0.3 is 0 Å². The van der Waals surface area contributed by atoms with Gasteiger partial charge in [-0.05, 0) is 54.3 Å². The van der Waals surface area contributed by atoms with Crippen LogP contribution in [0.15, 0.2) is 54.7 Å². The molecule has 0 saturated heterocycles. The molecule has 3 aromatic rings. The van der Waals surface area contributed by atoms with Gasteiger partial charge in [-0.3, -0.25) is 4.79 Å². The van der Waals surface area contributed by atoms with Crippen molar-refractivity contribution in [1.82, 2.24) is 4.98 Å². The second-order valence-electron chi connectivity index (χ2n) is 5.99. The number of nitrogens with one attached hydrogen (secondary N) is 1. The largest absolute Gasteiger partial charge is 0.306 e. The molecule has 0 atom stereocenters. The minimum atomic E-state index is -0.911. The molecule has 0 fully saturated rings. The number of anilines is 1. The Balaban J connectivity index is 1.83. The lowest BCUT2D eigenvalue weighted by atomic mass is 9.98. The Hall–Kier alpha value is -3.08. The molecule has 0 bridgehead atoms. The van der Waals surface area contributed by atoms with E-state index in [1.54, 1.807) is 12.3 Å². The van der Waals surface area contributed by atoms with Gasteiger partial charge in [-0.1, -0.05) is 31.2 Å². The third-order valence-electron chi connectivity index (χ3n) is 4.22. The van der Waals surface area contributed by atoms with Crippen molar-refractivity contribution in [3.8, 4) is 11.1 Å². The number of carbonyl (C=O) groups excluding carboxylic acids is 1. The summed E-state index contributed by atoms with van der Waals surface area (Å²) in [6.07, 6.45) is 2.57. The molecular formula is C21H18F2N2O. The number of pyridine rings is 1. The molecule has 0 spiro atoms. The molecule has 26 heavy (non-hydrogen) atoms. The van der Waals surface area contributed by atoms with Gasteiger partial charge in [0.25, 0.3) is 5.91 Å². The summed E-state index contributed by atoms with van der Waals surface area (Å²) in [7, 11) is 0. The fourth-order valence-electron chi connectivity index (χ4n) is 2.72. The molecule has 1 heterocycles. The zero-order valence-electron chi connectivity index (χ0n) is 14.5. The molecular weight excluding hydrogens is 334 g/mol. The number of hydrogen-bond acceptors (Lipinski definition) is 2. The molecule has 0 aliphatic heterocycles. The number of amides is 1. The predicted octanol–water partition coefficient (Wildman–Crippen LogP) is 5.15. The lowest BCUT2D eigenvalue weighted by Crippen LogP contribution is -2.16. The monoisotopic (exact) mass is 352 g/mol. The number of hydrogen-bond donors (Lipinski definition) is 1. The van der Waals surface area contributed by atoms with Gasteiger partial charge < -0.3 is 5.32 Å². The van der Waals surface area contributed by atoms with E-state index in [0.717, 1.165) is 35.2 Å². The topological polar surface area (TPSA) is 42.0 Å². The predicted molar refractivity (Wildman–Crippen MR) is 98.1 cm³/mol. The van der Waals surface area contributed by atoms with E-state index in [1.807, 2.05) is 13.0 Å². The molecule has 2 aromatic carbocycles. The van der Waals surface area contributed by atoms with E-state index in [-0.39, 0.29) is 5.82 Å². The normalized spacial score (nSPS) is 10.6. The second kappa shape index (κ2) is 7.44. The molecule has 5 heteroatoms. The zero-order valence-corrected chi connectivity index (χ0v) is 14.5. The molecule has 0 aliphatic rings. The first-order valence-electron chi connectivity index (χ1n) is 8.31. The van der Waals surface area contributed by atoms with Crippen LogP contribution in [0.25, 0.3) is 11.1 Å². The molecule has 0 unspecified atom stereocenters.